The molecule has 0 saturated carbocycles. The van der Waals surface area contributed by atoms with E-state index in [1.54, 1.807) is 6.21 Å². The van der Waals surface area contributed by atoms with Crippen LogP contribution in [0.1, 0.15) is 22.4 Å². The van der Waals surface area contributed by atoms with Crippen LogP contribution in [0.25, 0.3) is 10.9 Å². The number of aromatic amines is 1. The summed E-state index contributed by atoms with van der Waals surface area (Å²) in [7, 11) is 0. The number of aryl methyl sites for hydroxylation is 3. The van der Waals surface area contributed by atoms with Gasteiger partial charge in [0.05, 0.1) is 12.8 Å². The molecule has 1 heterocycles. The Balaban J connectivity index is 1.60. The number of fused-ring (bicyclic) bond motifs is 1. The van der Waals surface area contributed by atoms with Gasteiger partial charge in [0.1, 0.15) is 0 Å². The van der Waals surface area contributed by atoms with Crippen molar-refractivity contribution in [1.29, 1.82) is 0 Å². The molecule has 0 atom stereocenters. The Kier molecular flexibility index (Phi) is 4.84. The third kappa shape index (κ3) is 3.88. The zero-order chi connectivity index (χ0) is 17.8. The topological polar surface area (TPSA) is 69.3 Å². The number of amides is 1. The minimum atomic E-state index is -0.186. The fourth-order valence-corrected chi connectivity index (χ4v) is 2.86. The minimum absolute atomic E-state index is 0.175. The number of aromatic nitrogens is 1. The number of para-hydroxylation sites is 1. The first kappa shape index (κ1) is 16.8. The molecule has 3 N–H and O–H groups in total. The molecule has 0 radical (unpaired) electrons. The number of H-pyrrole nitrogens is 1. The molecule has 1 aromatic heterocycles. The molecule has 128 valence electrons. The van der Waals surface area contributed by atoms with Crippen LogP contribution in [-0.4, -0.2) is 23.7 Å². The highest BCUT2D eigenvalue weighted by atomic mass is 16.2. The van der Waals surface area contributed by atoms with Gasteiger partial charge in [0.25, 0.3) is 5.91 Å². The number of benzene rings is 2. The van der Waals surface area contributed by atoms with Crippen LogP contribution in [-0.2, 0) is 4.79 Å². The van der Waals surface area contributed by atoms with Crippen LogP contribution in [0.3, 0.4) is 0 Å². The van der Waals surface area contributed by atoms with Crippen molar-refractivity contribution in [2.24, 2.45) is 5.10 Å². The number of hydrogen-bond acceptors (Lipinski definition) is 3. The van der Waals surface area contributed by atoms with E-state index >= 15 is 0 Å². The van der Waals surface area contributed by atoms with Gasteiger partial charge in [0, 0.05) is 27.8 Å². The van der Waals surface area contributed by atoms with E-state index in [2.05, 4.69) is 26.9 Å². The van der Waals surface area contributed by atoms with E-state index in [-0.39, 0.29) is 12.5 Å². The van der Waals surface area contributed by atoms with E-state index in [9.17, 15) is 4.79 Å². The van der Waals surface area contributed by atoms with Crippen LogP contribution >= 0.6 is 0 Å². The summed E-state index contributed by atoms with van der Waals surface area (Å²) in [6, 6.07) is 14.1. The van der Waals surface area contributed by atoms with Gasteiger partial charge in [-0.15, -0.1) is 0 Å². The summed E-state index contributed by atoms with van der Waals surface area (Å²) in [6.07, 6.45) is 1.68. The van der Waals surface area contributed by atoms with E-state index < -0.39 is 0 Å². The molecule has 3 rings (SSSR count). The van der Waals surface area contributed by atoms with Gasteiger partial charge in [-0.25, -0.2) is 5.43 Å². The molecule has 0 aliphatic carbocycles. The molecule has 1 amide bonds. The van der Waals surface area contributed by atoms with Gasteiger partial charge in [-0.3, -0.25) is 4.79 Å². The van der Waals surface area contributed by atoms with Gasteiger partial charge in [0.2, 0.25) is 0 Å². The van der Waals surface area contributed by atoms with Crippen molar-refractivity contribution in [2.75, 3.05) is 11.9 Å². The van der Waals surface area contributed by atoms with Gasteiger partial charge in [-0.1, -0.05) is 35.9 Å². The molecule has 0 unspecified atom stereocenters. The largest absolute Gasteiger partial charge is 0.376 e. The van der Waals surface area contributed by atoms with Crippen LogP contribution in [0.4, 0.5) is 5.69 Å². The molecule has 2 aromatic carbocycles. The number of nitrogens with one attached hydrogen (secondary N) is 3. The highest BCUT2D eigenvalue weighted by molar-refractivity contribution is 6.00. The molecule has 0 aliphatic heterocycles. The highest BCUT2D eigenvalue weighted by Crippen LogP contribution is 2.19. The van der Waals surface area contributed by atoms with Crippen LogP contribution < -0.4 is 10.7 Å². The lowest BCUT2D eigenvalue weighted by molar-refractivity contribution is -0.119. The van der Waals surface area contributed by atoms with Crippen molar-refractivity contribution in [3.05, 3.63) is 64.8 Å². The maximum atomic E-state index is 12.0. The minimum Gasteiger partial charge on any atom is -0.376 e. The Bertz CT molecular complexity index is 940. The average molecular weight is 334 g/mol. The number of hydrogen-bond donors (Lipinski definition) is 3. The molecule has 0 spiro atoms. The van der Waals surface area contributed by atoms with Gasteiger partial charge < -0.3 is 10.3 Å². The van der Waals surface area contributed by atoms with E-state index in [0.717, 1.165) is 33.4 Å². The quantitative estimate of drug-likeness (QED) is 0.492. The van der Waals surface area contributed by atoms with Gasteiger partial charge in [-0.05, 0) is 38.5 Å². The summed E-state index contributed by atoms with van der Waals surface area (Å²) in [5.74, 6) is -0.186. The summed E-state index contributed by atoms with van der Waals surface area (Å²) in [5, 5.41) is 8.31. The molecule has 5 nitrogen and oxygen atoms in total. The van der Waals surface area contributed by atoms with Crippen LogP contribution in [0.5, 0.6) is 0 Å². The molecule has 25 heavy (non-hydrogen) atoms. The zero-order valence-corrected chi connectivity index (χ0v) is 14.7. The lowest BCUT2D eigenvalue weighted by atomic mass is 10.1. The lowest BCUT2D eigenvalue weighted by Crippen LogP contribution is -2.26. The summed E-state index contributed by atoms with van der Waals surface area (Å²) >= 11 is 0. The third-order valence-electron chi connectivity index (χ3n) is 4.15. The predicted molar refractivity (Wildman–Crippen MR) is 103 cm³/mol. The Hall–Kier alpha value is -3.08. The maximum Gasteiger partial charge on any atom is 0.259 e. The van der Waals surface area contributed by atoms with Crippen LogP contribution in [0.15, 0.2) is 47.6 Å². The van der Waals surface area contributed by atoms with E-state index in [4.69, 9.17) is 0 Å². The van der Waals surface area contributed by atoms with Gasteiger partial charge >= 0.3 is 0 Å². The van der Waals surface area contributed by atoms with Crippen molar-refractivity contribution < 1.29 is 4.79 Å². The summed E-state index contributed by atoms with van der Waals surface area (Å²) in [6.45, 7) is 6.23. The standard InChI is InChI=1S/C20H22N4O/c1-13-8-9-18(14(2)10-13)21-12-20(25)24-22-11-17-15(3)23-19-7-5-4-6-16(17)19/h4-11,21,23H,12H2,1-3H3,(H,24,25)/b22-11+. The highest BCUT2D eigenvalue weighted by Gasteiger charge is 2.06. The first-order valence-corrected chi connectivity index (χ1v) is 8.25. The second-order valence-corrected chi connectivity index (χ2v) is 6.17. The first-order valence-electron chi connectivity index (χ1n) is 8.25. The average Bonchev–Trinajstić information content (AvgIpc) is 2.90. The Labute approximate surface area is 147 Å². The molecule has 0 fully saturated rings. The second-order valence-electron chi connectivity index (χ2n) is 6.17. The Morgan fingerprint density at radius 3 is 2.76 bits per heavy atom. The van der Waals surface area contributed by atoms with Crippen LogP contribution in [0.2, 0.25) is 0 Å². The molecular formula is C20H22N4O. The molecule has 0 bridgehead atoms. The Morgan fingerprint density at radius 1 is 1.16 bits per heavy atom. The summed E-state index contributed by atoms with van der Waals surface area (Å²) in [4.78, 5) is 15.3. The number of hydrazone groups is 1. The number of nitrogens with zero attached hydrogens (tertiary/aromatic N) is 1. The monoisotopic (exact) mass is 334 g/mol. The molecular weight excluding hydrogens is 312 g/mol. The van der Waals surface area contributed by atoms with Crippen molar-refractivity contribution in [3.8, 4) is 0 Å². The molecule has 5 heteroatoms. The fourth-order valence-electron chi connectivity index (χ4n) is 2.86. The number of carbonyl (C=O) groups is 1. The smallest absolute Gasteiger partial charge is 0.259 e. The van der Waals surface area contributed by atoms with E-state index in [1.807, 2.05) is 57.2 Å². The fraction of sp³-hybridized carbons (Fsp3) is 0.200. The summed E-state index contributed by atoms with van der Waals surface area (Å²) in [5.41, 5.74) is 8.91. The maximum absolute atomic E-state index is 12.0. The SMILES string of the molecule is Cc1ccc(NCC(=O)N/N=C/c2c(C)[nH]c3ccccc23)c(C)c1. The van der Waals surface area contributed by atoms with Gasteiger partial charge in [0.15, 0.2) is 0 Å². The van der Waals surface area contributed by atoms with Gasteiger partial charge in [-0.2, -0.15) is 5.10 Å². The van der Waals surface area contributed by atoms with Crippen molar-refractivity contribution in [2.45, 2.75) is 20.8 Å². The predicted octanol–water partition coefficient (Wildman–Crippen LogP) is 3.66. The second kappa shape index (κ2) is 7.21. The molecule has 0 saturated heterocycles. The van der Waals surface area contributed by atoms with Crippen molar-refractivity contribution >= 4 is 28.7 Å². The van der Waals surface area contributed by atoms with Crippen molar-refractivity contribution in [3.63, 3.8) is 0 Å². The lowest BCUT2D eigenvalue weighted by Gasteiger charge is -2.09. The number of anilines is 1. The summed E-state index contributed by atoms with van der Waals surface area (Å²) < 4.78 is 0. The first-order chi connectivity index (χ1) is 12.0. The molecule has 0 aliphatic rings. The Morgan fingerprint density at radius 2 is 1.96 bits per heavy atom. The zero-order valence-electron chi connectivity index (χ0n) is 14.7. The third-order valence-corrected chi connectivity index (χ3v) is 4.15. The van der Waals surface area contributed by atoms with E-state index in [0.29, 0.717) is 0 Å². The van der Waals surface area contributed by atoms with Crippen LogP contribution in [0, 0.1) is 20.8 Å². The van der Waals surface area contributed by atoms with Crippen molar-refractivity contribution in [1.82, 2.24) is 10.4 Å². The molecule has 3 aromatic rings. The normalized spacial score (nSPS) is 11.2. The number of carbonyl (C=O) groups excluding carboxylic acids is 1. The number of rotatable bonds is 5. The van der Waals surface area contributed by atoms with E-state index in [1.165, 1.54) is 5.56 Å².